The van der Waals surface area contributed by atoms with E-state index in [0.717, 1.165) is 17.4 Å². The number of nitriles is 1. The Morgan fingerprint density at radius 2 is 1.81 bits per heavy atom. The molecule has 1 N–H and O–H groups in total. The highest BCUT2D eigenvalue weighted by Gasteiger charge is 2.19. The SMILES string of the molecule is COc1ccc(-c2sc(C(=O)O)cc2-c2ccc(C#N)c(F)c2)cc1F. The molecule has 7 heteroatoms. The minimum absolute atomic E-state index is 0.0380. The molecule has 130 valence electrons. The van der Waals surface area contributed by atoms with Crippen LogP contribution in [0.3, 0.4) is 0 Å². The highest BCUT2D eigenvalue weighted by molar-refractivity contribution is 7.18. The summed E-state index contributed by atoms with van der Waals surface area (Å²) in [5, 5.41) is 18.1. The van der Waals surface area contributed by atoms with Crippen LogP contribution in [0.1, 0.15) is 15.2 Å². The second-order valence-electron chi connectivity index (χ2n) is 5.31. The van der Waals surface area contributed by atoms with E-state index in [0.29, 0.717) is 21.6 Å². The molecule has 0 saturated heterocycles. The van der Waals surface area contributed by atoms with Crippen molar-refractivity contribution < 1.29 is 23.4 Å². The Kier molecular flexibility index (Phi) is 4.69. The van der Waals surface area contributed by atoms with Crippen molar-refractivity contribution in [2.45, 2.75) is 0 Å². The number of ether oxygens (including phenoxy) is 1. The molecule has 0 saturated carbocycles. The summed E-state index contributed by atoms with van der Waals surface area (Å²) in [4.78, 5) is 11.9. The zero-order valence-electron chi connectivity index (χ0n) is 13.4. The summed E-state index contributed by atoms with van der Waals surface area (Å²) in [7, 11) is 1.34. The average Bonchev–Trinajstić information content (AvgIpc) is 3.07. The van der Waals surface area contributed by atoms with Gasteiger partial charge < -0.3 is 9.84 Å². The molecule has 0 amide bonds. The third kappa shape index (κ3) is 3.15. The standard InChI is InChI=1S/C19H11F2NO3S/c1-25-16-5-4-11(7-15(16)21)18-13(8-17(26-18)19(23)24)10-2-3-12(9-22)14(20)6-10/h2-8H,1H3,(H,23,24). The molecule has 1 heterocycles. The third-order valence-electron chi connectivity index (χ3n) is 3.76. The van der Waals surface area contributed by atoms with Crippen LogP contribution in [0.25, 0.3) is 21.6 Å². The van der Waals surface area contributed by atoms with E-state index in [-0.39, 0.29) is 16.2 Å². The average molecular weight is 371 g/mol. The molecule has 0 aliphatic heterocycles. The van der Waals surface area contributed by atoms with Crippen LogP contribution in [0.15, 0.2) is 42.5 Å². The second kappa shape index (κ2) is 6.94. The maximum atomic E-state index is 14.1. The van der Waals surface area contributed by atoms with E-state index in [1.54, 1.807) is 12.1 Å². The molecule has 26 heavy (non-hydrogen) atoms. The van der Waals surface area contributed by atoms with Crippen LogP contribution < -0.4 is 4.74 Å². The molecule has 3 aromatic rings. The molecule has 1 aromatic heterocycles. The number of methoxy groups -OCH3 is 1. The van der Waals surface area contributed by atoms with Gasteiger partial charge >= 0.3 is 5.97 Å². The van der Waals surface area contributed by atoms with Crippen LogP contribution in [-0.4, -0.2) is 18.2 Å². The van der Waals surface area contributed by atoms with Gasteiger partial charge in [0, 0.05) is 10.4 Å². The normalized spacial score (nSPS) is 10.4. The van der Waals surface area contributed by atoms with Crippen LogP contribution in [0.5, 0.6) is 5.75 Å². The van der Waals surface area contributed by atoms with Gasteiger partial charge in [-0.25, -0.2) is 13.6 Å². The lowest BCUT2D eigenvalue weighted by Gasteiger charge is -2.07. The van der Waals surface area contributed by atoms with Gasteiger partial charge in [0.15, 0.2) is 11.6 Å². The van der Waals surface area contributed by atoms with Crippen molar-refractivity contribution in [2.24, 2.45) is 0 Å². The molecule has 0 aliphatic rings. The van der Waals surface area contributed by atoms with Gasteiger partial charge in [0.05, 0.1) is 12.7 Å². The van der Waals surface area contributed by atoms with Gasteiger partial charge in [0.2, 0.25) is 0 Å². The minimum atomic E-state index is -1.13. The largest absolute Gasteiger partial charge is 0.494 e. The molecule has 0 radical (unpaired) electrons. The smallest absolute Gasteiger partial charge is 0.345 e. The van der Waals surface area contributed by atoms with Gasteiger partial charge in [0.25, 0.3) is 0 Å². The first kappa shape index (κ1) is 17.6. The van der Waals surface area contributed by atoms with Crippen LogP contribution in [0.4, 0.5) is 8.78 Å². The first-order chi connectivity index (χ1) is 12.4. The molecular formula is C19H11F2NO3S. The number of aromatic carboxylic acids is 1. The molecule has 0 atom stereocenters. The van der Waals surface area contributed by atoms with Crippen LogP contribution in [-0.2, 0) is 0 Å². The second-order valence-corrected chi connectivity index (χ2v) is 6.37. The van der Waals surface area contributed by atoms with Crippen LogP contribution in [0.2, 0.25) is 0 Å². The number of nitrogens with zero attached hydrogens (tertiary/aromatic N) is 1. The quantitative estimate of drug-likeness (QED) is 0.705. The number of hydrogen-bond donors (Lipinski definition) is 1. The van der Waals surface area contributed by atoms with E-state index >= 15 is 0 Å². The Balaban J connectivity index is 2.20. The summed E-state index contributed by atoms with van der Waals surface area (Å²) in [6.07, 6.45) is 0. The summed E-state index contributed by atoms with van der Waals surface area (Å²) in [6, 6.07) is 11.4. The first-order valence-electron chi connectivity index (χ1n) is 7.35. The molecule has 0 bridgehead atoms. The van der Waals surface area contributed by atoms with Crippen molar-refractivity contribution >= 4 is 17.3 Å². The van der Waals surface area contributed by atoms with Crippen molar-refractivity contribution in [2.75, 3.05) is 7.11 Å². The topological polar surface area (TPSA) is 70.3 Å². The van der Waals surface area contributed by atoms with Gasteiger partial charge in [-0.15, -0.1) is 11.3 Å². The number of carboxylic acids is 1. The van der Waals surface area contributed by atoms with Gasteiger partial charge in [0.1, 0.15) is 16.8 Å². The molecule has 4 nitrogen and oxygen atoms in total. The number of benzene rings is 2. The Bertz CT molecular complexity index is 1050. The Morgan fingerprint density at radius 1 is 1.12 bits per heavy atom. The summed E-state index contributed by atoms with van der Waals surface area (Å²) in [6.45, 7) is 0. The van der Waals surface area contributed by atoms with E-state index in [9.17, 15) is 18.7 Å². The lowest BCUT2D eigenvalue weighted by Crippen LogP contribution is -1.90. The number of rotatable bonds is 4. The molecule has 2 aromatic carbocycles. The Labute approximate surface area is 151 Å². The predicted octanol–water partition coefficient (Wildman–Crippen LogP) is 4.94. The van der Waals surface area contributed by atoms with Crippen molar-refractivity contribution in [3.05, 3.63) is 64.5 Å². The Hall–Kier alpha value is -3.24. The summed E-state index contributed by atoms with van der Waals surface area (Å²) < 4.78 is 32.9. The van der Waals surface area contributed by atoms with Crippen molar-refractivity contribution in [3.8, 4) is 33.4 Å². The minimum Gasteiger partial charge on any atom is -0.494 e. The zero-order valence-corrected chi connectivity index (χ0v) is 14.2. The van der Waals surface area contributed by atoms with Crippen molar-refractivity contribution in [1.29, 1.82) is 5.26 Å². The number of thiophene rings is 1. The number of carbonyl (C=O) groups is 1. The molecular weight excluding hydrogens is 360 g/mol. The van der Waals surface area contributed by atoms with E-state index in [1.807, 2.05) is 0 Å². The van der Waals surface area contributed by atoms with E-state index in [1.165, 1.54) is 37.4 Å². The fourth-order valence-corrected chi connectivity index (χ4v) is 3.52. The molecule has 0 fully saturated rings. The first-order valence-corrected chi connectivity index (χ1v) is 8.17. The monoisotopic (exact) mass is 371 g/mol. The van der Waals surface area contributed by atoms with Crippen molar-refractivity contribution in [1.82, 2.24) is 0 Å². The molecule has 3 rings (SSSR count). The van der Waals surface area contributed by atoms with E-state index in [4.69, 9.17) is 10.00 Å². The Morgan fingerprint density at radius 3 is 2.38 bits per heavy atom. The lowest BCUT2D eigenvalue weighted by atomic mass is 10.0. The van der Waals surface area contributed by atoms with E-state index < -0.39 is 17.6 Å². The fraction of sp³-hybridized carbons (Fsp3) is 0.0526. The zero-order chi connectivity index (χ0) is 18.8. The maximum Gasteiger partial charge on any atom is 0.345 e. The molecule has 0 unspecified atom stereocenters. The van der Waals surface area contributed by atoms with Crippen molar-refractivity contribution in [3.63, 3.8) is 0 Å². The maximum absolute atomic E-state index is 14.1. The highest BCUT2D eigenvalue weighted by Crippen LogP contribution is 2.40. The number of hydrogen-bond acceptors (Lipinski definition) is 4. The fourth-order valence-electron chi connectivity index (χ4n) is 2.51. The summed E-state index contributed by atoms with van der Waals surface area (Å²) in [5.74, 6) is -2.37. The lowest BCUT2D eigenvalue weighted by molar-refractivity contribution is 0.0702. The van der Waals surface area contributed by atoms with Gasteiger partial charge in [-0.1, -0.05) is 6.07 Å². The van der Waals surface area contributed by atoms with E-state index in [2.05, 4.69) is 0 Å². The number of carboxylic acid groups (broad SMARTS) is 1. The van der Waals surface area contributed by atoms with Gasteiger partial charge in [-0.2, -0.15) is 5.26 Å². The third-order valence-corrected chi connectivity index (χ3v) is 4.93. The summed E-state index contributed by atoms with van der Waals surface area (Å²) >= 11 is 0.959. The van der Waals surface area contributed by atoms with Gasteiger partial charge in [-0.05, 0) is 47.5 Å². The highest BCUT2D eigenvalue weighted by atomic mass is 32.1. The van der Waals surface area contributed by atoms with Crippen LogP contribution >= 0.6 is 11.3 Å². The van der Waals surface area contributed by atoms with Gasteiger partial charge in [-0.3, -0.25) is 0 Å². The predicted molar refractivity (Wildman–Crippen MR) is 93.3 cm³/mol. The van der Waals surface area contributed by atoms with Crippen LogP contribution in [0, 0.1) is 23.0 Å². The summed E-state index contributed by atoms with van der Waals surface area (Å²) in [5.41, 5.74) is 1.18. The number of halogens is 2. The molecule has 0 spiro atoms. The molecule has 0 aliphatic carbocycles.